The van der Waals surface area contributed by atoms with Gasteiger partial charge in [0.15, 0.2) is 0 Å². The number of aryl methyl sites for hydroxylation is 3. The smallest absolute Gasteiger partial charge is 0.138 e. The van der Waals surface area contributed by atoms with E-state index in [-0.39, 0.29) is 0 Å². The maximum Gasteiger partial charge on any atom is 0.138 e. The quantitative estimate of drug-likeness (QED) is 0.778. The number of carbonyl (C=O) groups excluding carboxylic acids is 1. The molecule has 88 valence electrons. The molecule has 0 unspecified atom stereocenters. The van der Waals surface area contributed by atoms with Crippen LogP contribution < -0.4 is 0 Å². The molecule has 0 N–H and O–H groups in total. The van der Waals surface area contributed by atoms with Crippen molar-refractivity contribution in [3.05, 3.63) is 34.4 Å². The summed E-state index contributed by atoms with van der Waals surface area (Å²) in [6, 6.07) is 4.31. The average Bonchev–Trinajstić information content (AvgIpc) is 2.20. The Bertz CT molecular complexity index is 359. The number of hydrogen-bond donors (Lipinski definition) is 0. The molecule has 0 amide bonds. The van der Waals surface area contributed by atoms with E-state index in [0.717, 1.165) is 5.75 Å². The van der Waals surface area contributed by atoms with E-state index in [4.69, 9.17) is 0 Å². The number of rotatable bonds is 5. The van der Waals surface area contributed by atoms with Crippen LogP contribution in [0.25, 0.3) is 0 Å². The Hall–Kier alpha value is -0.760. The lowest BCUT2D eigenvalue weighted by molar-refractivity contribution is -0.118. The van der Waals surface area contributed by atoms with Crippen LogP contribution >= 0.6 is 11.8 Å². The maximum atomic E-state index is 11.7. The molecule has 1 nitrogen and oxygen atoms in total. The summed E-state index contributed by atoms with van der Waals surface area (Å²) in [6.45, 7) is 6.29. The zero-order chi connectivity index (χ0) is 12.1. The molecular formula is C14H20OS. The van der Waals surface area contributed by atoms with Crippen LogP contribution in [0.4, 0.5) is 0 Å². The van der Waals surface area contributed by atoms with Crippen molar-refractivity contribution in [3.63, 3.8) is 0 Å². The summed E-state index contributed by atoms with van der Waals surface area (Å²) < 4.78 is 0. The van der Waals surface area contributed by atoms with Crippen LogP contribution in [0, 0.1) is 20.8 Å². The SMILES string of the molecule is CSCCC(=O)Cc1c(C)cc(C)cc1C. The van der Waals surface area contributed by atoms with Crippen molar-refractivity contribution in [3.8, 4) is 0 Å². The van der Waals surface area contributed by atoms with Crippen molar-refractivity contribution in [2.45, 2.75) is 33.6 Å². The molecule has 16 heavy (non-hydrogen) atoms. The fourth-order valence-corrected chi connectivity index (χ4v) is 2.42. The first-order valence-corrected chi connectivity index (χ1v) is 7.01. The van der Waals surface area contributed by atoms with E-state index in [9.17, 15) is 4.79 Å². The second-order valence-electron chi connectivity index (χ2n) is 4.34. The first kappa shape index (κ1) is 13.3. The Morgan fingerprint density at radius 1 is 1.19 bits per heavy atom. The molecule has 1 rings (SSSR count). The molecule has 0 bridgehead atoms. The van der Waals surface area contributed by atoms with Gasteiger partial charge in [-0.1, -0.05) is 17.7 Å². The Kier molecular flexibility index (Phi) is 5.07. The molecule has 0 spiro atoms. The minimum Gasteiger partial charge on any atom is -0.299 e. The van der Waals surface area contributed by atoms with E-state index in [1.165, 1.54) is 22.3 Å². The first-order chi connectivity index (χ1) is 7.54. The summed E-state index contributed by atoms with van der Waals surface area (Å²) in [4.78, 5) is 11.7. The number of hydrogen-bond acceptors (Lipinski definition) is 2. The standard InChI is InChI=1S/C14H20OS/c1-10-7-11(2)14(12(3)8-10)9-13(15)5-6-16-4/h7-8H,5-6,9H2,1-4H3. The lowest BCUT2D eigenvalue weighted by atomic mass is 9.95. The van der Waals surface area contributed by atoms with Gasteiger partial charge in [0.25, 0.3) is 0 Å². The molecule has 0 aliphatic heterocycles. The molecule has 0 aromatic heterocycles. The van der Waals surface area contributed by atoms with Crippen LogP contribution in [0.3, 0.4) is 0 Å². The highest BCUT2D eigenvalue weighted by atomic mass is 32.2. The van der Waals surface area contributed by atoms with Crippen molar-refractivity contribution < 1.29 is 4.79 Å². The van der Waals surface area contributed by atoms with Gasteiger partial charge in [0, 0.05) is 12.8 Å². The molecular weight excluding hydrogens is 216 g/mol. The van der Waals surface area contributed by atoms with Gasteiger partial charge in [-0.3, -0.25) is 4.79 Å². The third-order valence-corrected chi connectivity index (χ3v) is 3.41. The van der Waals surface area contributed by atoms with Gasteiger partial charge in [-0.2, -0.15) is 11.8 Å². The fraction of sp³-hybridized carbons (Fsp3) is 0.500. The summed E-state index contributed by atoms with van der Waals surface area (Å²) in [6.07, 6.45) is 3.32. The number of thioether (sulfide) groups is 1. The van der Waals surface area contributed by atoms with Crippen LogP contribution in [-0.4, -0.2) is 17.8 Å². The highest BCUT2D eigenvalue weighted by molar-refractivity contribution is 7.98. The molecule has 0 radical (unpaired) electrons. The summed E-state index contributed by atoms with van der Waals surface area (Å²) >= 11 is 1.73. The molecule has 0 aliphatic carbocycles. The molecule has 1 aromatic rings. The van der Waals surface area contributed by atoms with E-state index in [1.807, 2.05) is 6.26 Å². The number of carbonyl (C=O) groups is 1. The Balaban J connectivity index is 2.77. The predicted octanol–water partition coefficient (Wildman–Crippen LogP) is 3.48. The minimum absolute atomic E-state index is 0.351. The van der Waals surface area contributed by atoms with Gasteiger partial charge in [-0.05, 0) is 49.5 Å². The largest absolute Gasteiger partial charge is 0.299 e. The van der Waals surface area contributed by atoms with Crippen molar-refractivity contribution in [2.24, 2.45) is 0 Å². The Morgan fingerprint density at radius 3 is 2.25 bits per heavy atom. The van der Waals surface area contributed by atoms with E-state index in [1.54, 1.807) is 11.8 Å². The summed E-state index contributed by atoms with van der Waals surface area (Å²) in [5.41, 5.74) is 4.98. The van der Waals surface area contributed by atoms with E-state index < -0.39 is 0 Å². The van der Waals surface area contributed by atoms with Gasteiger partial charge in [0.05, 0.1) is 0 Å². The van der Waals surface area contributed by atoms with Crippen LogP contribution in [-0.2, 0) is 11.2 Å². The van der Waals surface area contributed by atoms with Crippen molar-refractivity contribution in [2.75, 3.05) is 12.0 Å². The second kappa shape index (κ2) is 6.09. The molecule has 0 atom stereocenters. The van der Waals surface area contributed by atoms with Crippen LogP contribution in [0.5, 0.6) is 0 Å². The lowest BCUT2D eigenvalue weighted by Gasteiger charge is -2.10. The third-order valence-electron chi connectivity index (χ3n) is 2.80. The second-order valence-corrected chi connectivity index (χ2v) is 5.32. The molecule has 2 heteroatoms. The number of ketones is 1. The van der Waals surface area contributed by atoms with Gasteiger partial charge >= 0.3 is 0 Å². The topological polar surface area (TPSA) is 17.1 Å². The molecule has 0 aliphatic rings. The van der Waals surface area contributed by atoms with Crippen LogP contribution in [0.15, 0.2) is 12.1 Å². The molecule has 0 saturated carbocycles. The van der Waals surface area contributed by atoms with Gasteiger partial charge in [0.2, 0.25) is 0 Å². The predicted molar refractivity (Wildman–Crippen MR) is 72.4 cm³/mol. The van der Waals surface area contributed by atoms with Crippen LogP contribution in [0.2, 0.25) is 0 Å². The first-order valence-electron chi connectivity index (χ1n) is 5.62. The van der Waals surface area contributed by atoms with Crippen LogP contribution in [0.1, 0.15) is 28.7 Å². The fourth-order valence-electron chi connectivity index (χ4n) is 1.99. The highest BCUT2D eigenvalue weighted by Gasteiger charge is 2.08. The average molecular weight is 236 g/mol. The molecule has 0 saturated heterocycles. The molecule has 0 heterocycles. The zero-order valence-corrected chi connectivity index (χ0v) is 11.4. The summed E-state index contributed by atoms with van der Waals surface area (Å²) in [5.74, 6) is 1.28. The third kappa shape index (κ3) is 3.67. The molecule has 0 fully saturated rings. The van der Waals surface area contributed by atoms with E-state index in [0.29, 0.717) is 18.6 Å². The van der Waals surface area contributed by atoms with Gasteiger partial charge in [-0.25, -0.2) is 0 Å². The Labute approximate surface area is 103 Å². The minimum atomic E-state index is 0.351. The maximum absolute atomic E-state index is 11.7. The van der Waals surface area contributed by atoms with Crippen molar-refractivity contribution >= 4 is 17.5 Å². The Morgan fingerprint density at radius 2 is 1.75 bits per heavy atom. The van der Waals surface area contributed by atoms with Crippen molar-refractivity contribution in [1.82, 2.24) is 0 Å². The van der Waals surface area contributed by atoms with Gasteiger partial charge in [-0.15, -0.1) is 0 Å². The van der Waals surface area contributed by atoms with E-state index in [2.05, 4.69) is 32.9 Å². The molecule has 1 aromatic carbocycles. The summed E-state index contributed by atoms with van der Waals surface area (Å²) in [7, 11) is 0. The lowest BCUT2D eigenvalue weighted by Crippen LogP contribution is -2.07. The highest BCUT2D eigenvalue weighted by Crippen LogP contribution is 2.17. The summed E-state index contributed by atoms with van der Waals surface area (Å²) in [5, 5.41) is 0. The normalized spacial score (nSPS) is 10.5. The number of benzene rings is 1. The zero-order valence-electron chi connectivity index (χ0n) is 10.6. The monoisotopic (exact) mass is 236 g/mol. The van der Waals surface area contributed by atoms with Crippen molar-refractivity contribution in [1.29, 1.82) is 0 Å². The van der Waals surface area contributed by atoms with E-state index >= 15 is 0 Å². The number of Topliss-reactive ketones (excluding diaryl/α,β-unsaturated/α-hetero) is 1. The van der Waals surface area contributed by atoms with Gasteiger partial charge in [0.1, 0.15) is 5.78 Å². The van der Waals surface area contributed by atoms with Gasteiger partial charge < -0.3 is 0 Å².